The van der Waals surface area contributed by atoms with Crippen LogP contribution < -0.4 is 5.32 Å². The lowest BCUT2D eigenvalue weighted by Gasteiger charge is -2.23. The fourth-order valence-corrected chi connectivity index (χ4v) is 2.81. The van der Waals surface area contributed by atoms with Crippen molar-refractivity contribution in [1.29, 1.82) is 0 Å². The highest BCUT2D eigenvalue weighted by Crippen LogP contribution is 2.25. The summed E-state index contributed by atoms with van der Waals surface area (Å²) in [5, 5.41) is 13.1. The number of carboxylic acid groups (broad SMARTS) is 1. The van der Waals surface area contributed by atoms with Gasteiger partial charge in [-0.15, -0.1) is 0 Å². The Morgan fingerprint density at radius 3 is 2.42 bits per heavy atom. The van der Waals surface area contributed by atoms with Crippen molar-refractivity contribution in [2.75, 3.05) is 5.32 Å². The highest BCUT2D eigenvalue weighted by atomic mass is 35.5. The molecule has 1 saturated carbocycles. The molecule has 0 spiro atoms. The maximum absolute atomic E-state index is 11.2. The molecule has 0 heterocycles. The van der Waals surface area contributed by atoms with E-state index in [1.165, 1.54) is 38.2 Å². The molecule has 0 aromatic heterocycles. The van der Waals surface area contributed by atoms with Gasteiger partial charge < -0.3 is 10.4 Å². The van der Waals surface area contributed by atoms with Crippen LogP contribution in [-0.4, -0.2) is 17.1 Å². The van der Waals surface area contributed by atoms with Crippen molar-refractivity contribution in [3.05, 3.63) is 28.8 Å². The molecular weight excluding hydrogens is 262 g/mol. The largest absolute Gasteiger partial charge is 0.478 e. The van der Waals surface area contributed by atoms with Crippen molar-refractivity contribution in [2.24, 2.45) is 0 Å². The van der Waals surface area contributed by atoms with Crippen LogP contribution in [-0.2, 0) is 0 Å². The van der Waals surface area contributed by atoms with E-state index in [4.69, 9.17) is 11.6 Å². The van der Waals surface area contributed by atoms with Crippen LogP contribution in [0.1, 0.15) is 55.3 Å². The van der Waals surface area contributed by atoms with Crippen LogP contribution in [0.25, 0.3) is 0 Å². The molecule has 0 radical (unpaired) electrons. The summed E-state index contributed by atoms with van der Waals surface area (Å²) in [7, 11) is 0. The van der Waals surface area contributed by atoms with E-state index < -0.39 is 5.97 Å². The Balaban J connectivity index is 2.10. The summed E-state index contributed by atoms with van der Waals surface area (Å²) in [5.41, 5.74) is 0.942. The van der Waals surface area contributed by atoms with E-state index in [1.54, 1.807) is 12.1 Å². The Hall–Kier alpha value is -1.22. The summed E-state index contributed by atoms with van der Waals surface area (Å²) >= 11 is 5.86. The zero-order chi connectivity index (χ0) is 13.7. The third-order valence-electron chi connectivity index (χ3n) is 3.68. The topological polar surface area (TPSA) is 49.3 Å². The van der Waals surface area contributed by atoms with Crippen molar-refractivity contribution in [1.82, 2.24) is 0 Å². The van der Waals surface area contributed by atoms with E-state index in [1.807, 2.05) is 0 Å². The van der Waals surface area contributed by atoms with Crippen LogP contribution in [0.5, 0.6) is 0 Å². The summed E-state index contributed by atoms with van der Waals surface area (Å²) < 4.78 is 0. The van der Waals surface area contributed by atoms with Gasteiger partial charge >= 0.3 is 5.97 Å². The maximum Gasteiger partial charge on any atom is 0.337 e. The van der Waals surface area contributed by atoms with Gasteiger partial charge in [-0.1, -0.05) is 43.7 Å². The number of hydrogen-bond donors (Lipinski definition) is 2. The molecule has 1 aliphatic rings. The molecule has 4 heteroatoms. The number of benzene rings is 1. The molecule has 0 unspecified atom stereocenters. The number of nitrogens with one attached hydrogen (secondary N) is 1. The summed E-state index contributed by atoms with van der Waals surface area (Å²) in [6.45, 7) is 0. The SMILES string of the molecule is O=C(O)c1cc(Cl)ccc1NC1CCCCCCC1. The second kappa shape index (κ2) is 6.80. The zero-order valence-electron chi connectivity index (χ0n) is 11.0. The molecular formula is C15H20ClNO2. The highest BCUT2D eigenvalue weighted by molar-refractivity contribution is 6.31. The third kappa shape index (κ3) is 4.13. The molecule has 0 bridgehead atoms. The monoisotopic (exact) mass is 281 g/mol. The molecule has 1 aromatic carbocycles. The van der Waals surface area contributed by atoms with Crippen LogP contribution in [0, 0.1) is 0 Å². The molecule has 1 aromatic rings. The van der Waals surface area contributed by atoms with Crippen molar-refractivity contribution >= 4 is 23.3 Å². The molecule has 0 amide bonds. The molecule has 0 aliphatic heterocycles. The fraction of sp³-hybridized carbons (Fsp3) is 0.533. The van der Waals surface area contributed by atoms with Crippen molar-refractivity contribution < 1.29 is 9.90 Å². The molecule has 3 nitrogen and oxygen atoms in total. The molecule has 2 rings (SSSR count). The van der Waals surface area contributed by atoms with E-state index in [9.17, 15) is 9.90 Å². The van der Waals surface area contributed by atoms with E-state index in [0.29, 0.717) is 16.8 Å². The van der Waals surface area contributed by atoms with E-state index in [2.05, 4.69) is 5.32 Å². The highest BCUT2D eigenvalue weighted by Gasteiger charge is 2.15. The molecule has 1 fully saturated rings. The van der Waals surface area contributed by atoms with Crippen LogP contribution in [0.2, 0.25) is 5.02 Å². The average Bonchev–Trinajstić information content (AvgIpc) is 2.34. The van der Waals surface area contributed by atoms with Gasteiger partial charge in [-0.05, 0) is 31.0 Å². The molecule has 2 N–H and O–H groups in total. The van der Waals surface area contributed by atoms with Gasteiger partial charge in [-0.2, -0.15) is 0 Å². The minimum Gasteiger partial charge on any atom is -0.478 e. The first kappa shape index (κ1) is 14.2. The van der Waals surface area contributed by atoms with Crippen molar-refractivity contribution in [3.8, 4) is 0 Å². The van der Waals surface area contributed by atoms with Crippen molar-refractivity contribution in [3.63, 3.8) is 0 Å². The predicted octanol–water partition coefficient (Wildman–Crippen LogP) is 4.56. The molecule has 104 valence electrons. The Morgan fingerprint density at radius 1 is 1.16 bits per heavy atom. The Labute approximate surface area is 119 Å². The van der Waals surface area contributed by atoms with Crippen LogP contribution >= 0.6 is 11.6 Å². The minimum atomic E-state index is -0.934. The predicted molar refractivity (Wildman–Crippen MR) is 78.1 cm³/mol. The van der Waals surface area contributed by atoms with Crippen LogP contribution in [0.15, 0.2) is 18.2 Å². The number of aromatic carboxylic acids is 1. The van der Waals surface area contributed by atoms with Gasteiger partial charge in [-0.25, -0.2) is 4.79 Å². The summed E-state index contributed by atoms with van der Waals surface area (Å²) in [4.78, 5) is 11.2. The van der Waals surface area contributed by atoms with Gasteiger partial charge in [-0.3, -0.25) is 0 Å². The van der Waals surface area contributed by atoms with Gasteiger partial charge in [0.25, 0.3) is 0 Å². The van der Waals surface area contributed by atoms with Gasteiger partial charge in [0.2, 0.25) is 0 Å². The Kier molecular flexibility index (Phi) is 5.08. The number of halogens is 1. The summed E-state index contributed by atoms with van der Waals surface area (Å²) in [6, 6.07) is 5.39. The lowest BCUT2D eigenvalue weighted by Crippen LogP contribution is -2.22. The first-order valence-corrected chi connectivity index (χ1v) is 7.34. The van der Waals surface area contributed by atoms with E-state index >= 15 is 0 Å². The smallest absolute Gasteiger partial charge is 0.337 e. The number of carboxylic acids is 1. The van der Waals surface area contributed by atoms with Crippen molar-refractivity contribution in [2.45, 2.75) is 51.0 Å². The van der Waals surface area contributed by atoms with Gasteiger partial charge in [0, 0.05) is 16.8 Å². The molecule has 0 atom stereocenters. The first-order valence-electron chi connectivity index (χ1n) is 6.96. The van der Waals surface area contributed by atoms with E-state index in [0.717, 1.165) is 12.8 Å². The number of carbonyl (C=O) groups is 1. The van der Waals surface area contributed by atoms with Gasteiger partial charge in [0.05, 0.1) is 5.56 Å². The summed E-state index contributed by atoms with van der Waals surface area (Å²) in [5.74, 6) is -0.934. The third-order valence-corrected chi connectivity index (χ3v) is 3.91. The normalized spacial score (nSPS) is 17.5. The standard InChI is InChI=1S/C15H20ClNO2/c16-11-8-9-14(13(10-11)15(18)19)17-12-6-4-2-1-3-5-7-12/h8-10,12,17H,1-7H2,(H,18,19). The number of hydrogen-bond acceptors (Lipinski definition) is 2. The molecule has 19 heavy (non-hydrogen) atoms. The second-order valence-corrected chi connectivity index (χ2v) is 5.62. The number of rotatable bonds is 3. The lowest BCUT2D eigenvalue weighted by molar-refractivity contribution is 0.0698. The maximum atomic E-state index is 11.2. The number of anilines is 1. The zero-order valence-corrected chi connectivity index (χ0v) is 11.7. The van der Waals surface area contributed by atoms with E-state index in [-0.39, 0.29) is 5.56 Å². The fourth-order valence-electron chi connectivity index (χ4n) is 2.64. The Bertz CT molecular complexity index is 440. The second-order valence-electron chi connectivity index (χ2n) is 5.18. The van der Waals surface area contributed by atoms with Gasteiger partial charge in [0.15, 0.2) is 0 Å². The van der Waals surface area contributed by atoms with Crippen LogP contribution in [0.4, 0.5) is 5.69 Å². The quantitative estimate of drug-likeness (QED) is 0.854. The first-order chi connectivity index (χ1) is 9.16. The Morgan fingerprint density at radius 2 is 1.79 bits per heavy atom. The van der Waals surface area contributed by atoms with Crippen LogP contribution in [0.3, 0.4) is 0 Å². The minimum absolute atomic E-state index is 0.259. The summed E-state index contributed by atoms with van der Waals surface area (Å²) in [6.07, 6.45) is 8.55. The molecule has 1 aliphatic carbocycles. The lowest BCUT2D eigenvalue weighted by atomic mass is 9.96. The molecule has 0 saturated heterocycles. The average molecular weight is 282 g/mol. The van der Waals surface area contributed by atoms with Gasteiger partial charge in [0.1, 0.15) is 0 Å².